The number of hydrogen-bond acceptors (Lipinski definition) is 2. The number of nitrogens with two attached hydrogens (primary N) is 1. The van der Waals surface area contributed by atoms with E-state index in [1.807, 2.05) is 14.0 Å². The van der Waals surface area contributed by atoms with E-state index in [0.29, 0.717) is 23.4 Å². The summed E-state index contributed by atoms with van der Waals surface area (Å²) in [6, 6.07) is 3.21. The van der Waals surface area contributed by atoms with Crippen molar-refractivity contribution >= 4 is 11.6 Å². The Morgan fingerprint density at radius 1 is 1.33 bits per heavy atom. The molecule has 1 aromatic carbocycles. The molecule has 114 valence electrons. The highest BCUT2D eigenvalue weighted by molar-refractivity contribution is 6.31. The maximum atomic E-state index is 13.6. The molecule has 0 amide bonds. The van der Waals surface area contributed by atoms with E-state index in [1.54, 1.807) is 4.68 Å². The molecule has 0 fully saturated rings. The van der Waals surface area contributed by atoms with Crippen molar-refractivity contribution in [3.63, 3.8) is 0 Å². The van der Waals surface area contributed by atoms with E-state index in [1.165, 1.54) is 12.1 Å². The van der Waals surface area contributed by atoms with Crippen molar-refractivity contribution < 1.29 is 8.78 Å². The largest absolute Gasteiger partial charge is 0.327 e. The zero-order valence-corrected chi connectivity index (χ0v) is 12.8. The molecule has 1 aromatic heterocycles. The van der Waals surface area contributed by atoms with Crippen LogP contribution in [0.1, 0.15) is 23.9 Å². The summed E-state index contributed by atoms with van der Waals surface area (Å²) in [5.41, 5.74) is 8.14. The van der Waals surface area contributed by atoms with Gasteiger partial charge in [-0.25, -0.2) is 8.78 Å². The van der Waals surface area contributed by atoms with Gasteiger partial charge in [0.2, 0.25) is 0 Å². The van der Waals surface area contributed by atoms with Crippen LogP contribution in [-0.2, 0) is 26.3 Å². The fourth-order valence-corrected chi connectivity index (χ4v) is 2.70. The number of aryl methyl sites for hydroxylation is 2. The second kappa shape index (κ2) is 6.54. The first-order valence-corrected chi connectivity index (χ1v) is 7.19. The van der Waals surface area contributed by atoms with Crippen LogP contribution in [-0.4, -0.2) is 15.8 Å². The van der Waals surface area contributed by atoms with Crippen LogP contribution in [0.25, 0.3) is 0 Å². The first-order chi connectivity index (χ1) is 9.92. The van der Waals surface area contributed by atoms with E-state index >= 15 is 0 Å². The molecule has 2 N–H and O–H groups in total. The van der Waals surface area contributed by atoms with E-state index in [0.717, 1.165) is 23.9 Å². The van der Waals surface area contributed by atoms with E-state index in [-0.39, 0.29) is 6.04 Å². The molecule has 3 nitrogen and oxygen atoms in total. The highest BCUT2D eigenvalue weighted by atomic mass is 35.5. The van der Waals surface area contributed by atoms with Gasteiger partial charge in [-0.2, -0.15) is 5.10 Å². The predicted octanol–water partition coefficient (Wildman–Crippen LogP) is 3.03. The normalized spacial score (nSPS) is 12.7. The van der Waals surface area contributed by atoms with Gasteiger partial charge < -0.3 is 5.73 Å². The van der Waals surface area contributed by atoms with Gasteiger partial charge >= 0.3 is 0 Å². The van der Waals surface area contributed by atoms with Gasteiger partial charge in [-0.15, -0.1) is 0 Å². The Bertz CT molecular complexity index is 640. The maximum absolute atomic E-state index is 13.6. The standard InChI is InChI=1S/C15H18ClF2N3/c1-3-13-15(16)14(21(2)20-13)8-11(19)6-9-4-5-10(17)7-12(9)18/h4-5,7,11H,3,6,8,19H2,1-2H3. The van der Waals surface area contributed by atoms with Gasteiger partial charge in [-0.3, -0.25) is 4.68 Å². The van der Waals surface area contributed by atoms with Crippen molar-refractivity contribution in [2.24, 2.45) is 12.8 Å². The van der Waals surface area contributed by atoms with Crippen molar-refractivity contribution in [3.05, 3.63) is 51.8 Å². The average molecular weight is 314 g/mol. The summed E-state index contributed by atoms with van der Waals surface area (Å²) in [6.07, 6.45) is 1.54. The van der Waals surface area contributed by atoms with E-state index in [4.69, 9.17) is 17.3 Å². The van der Waals surface area contributed by atoms with Gasteiger partial charge in [0.05, 0.1) is 16.4 Å². The Hall–Kier alpha value is -1.46. The molecule has 0 aliphatic heterocycles. The summed E-state index contributed by atoms with van der Waals surface area (Å²) in [7, 11) is 1.81. The monoisotopic (exact) mass is 313 g/mol. The third-order valence-electron chi connectivity index (χ3n) is 3.46. The molecule has 2 aromatic rings. The minimum atomic E-state index is -0.591. The fourth-order valence-electron chi connectivity index (χ4n) is 2.33. The summed E-state index contributed by atoms with van der Waals surface area (Å²) in [4.78, 5) is 0. The second-order valence-corrected chi connectivity index (χ2v) is 5.47. The number of halogens is 3. The molecule has 0 saturated carbocycles. The van der Waals surface area contributed by atoms with Crippen LogP contribution in [0, 0.1) is 11.6 Å². The number of benzene rings is 1. The molecule has 2 rings (SSSR count). The number of hydrogen-bond donors (Lipinski definition) is 1. The van der Waals surface area contributed by atoms with Crippen LogP contribution in [0.15, 0.2) is 18.2 Å². The van der Waals surface area contributed by atoms with Crippen molar-refractivity contribution in [1.82, 2.24) is 9.78 Å². The Morgan fingerprint density at radius 2 is 2.05 bits per heavy atom. The third kappa shape index (κ3) is 3.60. The zero-order valence-electron chi connectivity index (χ0n) is 12.0. The molecule has 0 bridgehead atoms. The molecule has 0 aliphatic rings. The highest BCUT2D eigenvalue weighted by Crippen LogP contribution is 2.22. The SMILES string of the molecule is CCc1nn(C)c(CC(N)Cc2ccc(F)cc2F)c1Cl. The highest BCUT2D eigenvalue weighted by Gasteiger charge is 2.17. The molecule has 0 saturated heterocycles. The summed E-state index contributed by atoms with van der Waals surface area (Å²) in [5.74, 6) is -1.16. The first kappa shape index (κ1) is 15.9. The average Bonchev–Trinajstić information content (AvgIpc) is 2.69. The summed E-state index contributed by atoms with van der Waals surface area (Å²) < 4.78 is 28.2. The molecule has 1 unspecified atom stereocenters. The van der Waals surface area contributed by atoms with Crippen molar-refractivity contribution in [2.45, 2.75) is 32.2 Å². The molecule has 1 atom stereocenters. The Kier molecular flexibility index (Phi) is 4.96. The second-order valence-electron chi connectivity index (χ2n) is 5.09. The lowest BCUT2D eigenvalue weighted by atomic mass is 10.0. The summed E-state index contributed by atoms with van der Waals surface area (Å²) in [5, 5.41) is 4.94. The molecule has 0 spiro atoms. The Labute approximate surface area is 127 Å². The topological polar surface area (TPSA) is 43.8 Å². The molecule has 0 radical (unpaired) electrons. The van der Waals surface area contributed by atoms with Crippen LogP contribution >= 0.6 is 11.6 Å². The predicted molar refractivity (Wildman–Crippen MR) is 79.3 cm³/mol. The number of rotatable bonds is 5. The minimum Gasteiger partial charge on any atom is -0.327 e. The summed E-state index contributed by atoms with van der Waals surface area (Å²) in [6.45, 7) is 1.98. The summed E-state index contributed by atoms with van der Waals surface area (Å²) >= 11 is 6.27. The molecule has 0 aliphatic carbocycles. The smallest absolute Gasteiger partial charge is 0.129 e. The number of nitrogens with zero attached hydrogens (tertiary/aromatic N) is 2. The minimum absolute atomic E-state index is 0.315. The van der Waals surface area contributed by atoms with Gasteiger partial charge in [-0.1, -0.05) is 24.6 Å². The molecule has 6 heteroatoms. The Morgan fingerprint density at radius 3 is 2.62 bits per heavy atom. The van der Waals surface area contributed by atoms with Gasteiger partial charge in [0.1, 0.15) is 11.6 Å². The maximum Gasteiger partial charge on any atom is 0.129 e. The van der Waals surface area contributed by atoms with E-state index in [2.05, 4.69) is 5.10 Å². The molecular formula is C15H18ClF2N3. The van der Waals surface area contributed by atoms with Crippen LogP contribution in [0.2, 0.25) is 5.02 Å². The quantitative estimate of drug-likeness (QED) is 0.922. The van der Waals surface area contributed by atoms with Crippen molar-refractivity contribution in [3.8, 4) is 0 Å². The molecule has 21 heavy (non-hydrogen) atoms. The lowest BCUT2D eigenvalue weighted by molar-refractivity contribution is 0.552. The third-order valence-corrected chi connectivity index (χ3v) is 3.89. The lowest BCUT2D eigenvalue weighted by Crippen LogP contribution is -2.27. The van der Waals surface area contributed by atoms with Crippen LogP contribution < -0.4 is 5.73 Å². The Balaban J connectivity index is 2.11. The van der Waals surface area contributed by atoms with Crippen molar-refractivity contribution in [2.75, 3.05) is 0 Å². The fraction of sp³-hybridized carbons (Fsp3) is 0.400. The van der Waals surface area contributed by atoms with Crippen LogP contribution in [0.4, 0.5) is 8.78 Å². The van der Waals surface area contributed by atoms with Gasteiger partial charge in [0, 0.05) is 25.6 Å². The zero-order chi connectivity index (χ0) is 15.6. The number of aromatic nitrogens is 2. The van der Waals surface area contributed by atoms with E-state index in [9.17, 15) is 8.78 Å². The molecule has 1 heterocycles. The van der Waals surface area contributed by atoms with E-state index < -0.39 is 11.6 Å². The van der Waals surface area contributed by atoms with Gasteiger partial charge in [-0.05, 0) is 24.5 Å². The van der Waals surface area contributed by atoms with Gasteiger partial charge in [0.15, 0.2) is 0 Å². The van der Waals surface area contributed by atoms with Gasteiger partial charge in [0.25, 0.3) is 0 Å². The first-order valence-electron chi connectivity index (χ1n) is 6.82. The van der Waals surface area contributed by atoms with Crippen LogP contribution in [0.5, 0.6) is 0 Å². The molecular weight excluding hydrogens is 296 g/mol. The van der Waals surface area contributed by atoms with Crippen LogP contribution in [0.3, 0.4) is 0 Å². The van der Waals surface area contributed by atoms with Crippen molar-refractivity contribution in [1.29, 1.82) is 0 Å². The lowest BCUT2D eigenvalue weighted by Gasteiger charge is -2.13.